The lowest BCUT2D eigenvalue weighted by Gasteiger charge is -2.15. The summed E-state index contributed by atoms with van der Waals surface area (Å²) in [6, 6.07) is 8.47. The number of carbonyl (C=O) groups excluding carboxylic acids is 1. The zero-order valence-corrected chi connectivity index (χ0v) is 14.1. The van der Waals surface area contributed by atoms with Crippen molar-refractivity contribution in [2.24, 2.45) is 5.11 Å². The lowest BCUT2D eigenvalue weighted by molar-refractivity contribution is 0.0997. The molecular weight excluding hydrogens is 321 g/mol. The number of hydrogen-bond donors (Lipinski definition) is 0. The molecule has 0 aliphatic heterocycles. The minimum Gasteiger partial charge on any atom is -0.488 e. The molecule has 0 unspecified atom stereocenters. The van der Waals surface area contributed by atoms with Gasteiger partial charge >= 0.3 is 0 Å². The number of rotatable bonds is 5. The monoisotopic (exact) mass is 339 g/mol. The van der Waals surface area contributed by atoms with E-state index < -0.39 is 5.91 Å². The molecule has 0 atom stereocenters. The van der Waals surface area contributed by atoms with Gasteiger partial charge in [-0.05, 0) is 66.0 Å². The largest absolute Gasteiger partial charge is 0.488 e. The predicted molar refractivity (Wildman–Crippen MR) is 92.1 cm³/mol. The Morgan fingerprint density at radius 3 is 2.76 bits per heavy atom. The zero-order chi connectivity index (χ0) is 18.0. The molecule has 5 nitrogen and oxygen atoms in total. The highest BCUT2D eigenvalue weighted by Crippen LogP contribution is 2.42. The van der Waals surface area contributed by atoms with E-state index in [4.69, 9.17) is 10.3 Å². The smallest absolute Gasteiger partial charge is 0.249 e. The van der Waals surface area contributed by atoms with Gasteiger partial charge < -0.3 is 4.74 Å². The number of carbonyl (C=O) groups is 1. The Morgan fingerprint density at radius 1 is 1.32 bits per heavy atom. The maximum Gasteiger partial charge on any atom is 0.249 e. The Kier molecular flexibility index (Phi) is 4.72. The third kappa shape index (κ3) is 3.64. The minimum atomic E-state index is -0.629. The van der Waals surface area contributed by atoms with Crippen LogP contribution in [0.4, 0.5) is 4.39 Å². The Bertz CT molecular complexity index is 884. The highest BCUT2D eigenvalue weighted by molar-refractivity contribution is 5.96. The summed E-state index contributed by atoms with van der Waals surface area (Å²) in [5, 5.41) is 3.20. The molecule has 2 aromatic carbocycles. The highest BCUT2D eigenvalue weighted by Gasteiger charge is 2.28. The van der Waals surface area contributed by atoms with Crippen molar-refractivity contribution in [3.05, 3.63) is 74.4 Å². The average molecular weight is 339 g/mol. The number of halogens is 1. The third-order valence-corrected chi connectivity index (χ3v) is 4.42. The molecule has 2 aromatic rings. The summed E-state index contributed by atoms with van der Waals surface area (Å²) in [7, 11) is 0. The second-order valence-corrected chi connectivity index (χ2v) is 6.30. The van der Waals surface area contributed by atoms with Crippen molar-refractivity contribution in [2.45, 2.75) is 39.2 Å². The first kappa shape index (κ1) is 17.0. The normalized spacial score (nSPS) is 13.2. The van der Waals surface area contributed by atoms with Gasteiger partial charge in [0.05, 0.1) is 0 Å². The summed E-state index contributed by atoms with van der Waals surface area (Å²) in [4.78, 5) is 14.7. The molecule has 25 heavy (non-hydrogen) atoms. The van der Waals surface area contributed by atoms with E-state index in [2.05, 4.69) is 10.0 Å². The van der Waals surface area contributed by atoms with Crippen LogP contribution in [0.1, 0.15) is 51.4 Å². The fraction of sp³-hybridized carbons (Fsp3) is 0.316. The SMILES string of the molecule is Cc1cc(C)c(OCc2c(C(=O)N=[N+]=[N-])cccc2C2CC2)cc1F. The Balaban J connectivity index is 1.94. The van der Waals surface area contributed by atoms with E-state index in [0.717, 1.165) is 24.0 Å². The van der Waals surface area contributed by atoms with Crippen molar-refractivity contribution in [1.82, 2.24) is 0 Å². The van der Waals surface area contributed by atoms with Gasteiger partial charge in [0.15, 0.2) is 0 Å². The lowest BCUT2D eigenvalue weighted by atomic mass is 9.98. The van der Waals surface area contributed by atoms with E-state index in [-0.39, 0.29) is 12.4 Å². The first-order valence-corrected chi connectivity index (χ1v) is 8.12. The molecule has 0 radical (unpaired) electrons. The molecule has 3 rings (SSSR count). The Hall–Kier alpha value is -2.85. The van der Waals surface area contributed by atoms with Crippen LogP contribution in [0.15, 0.2) is 35.4 Å². The summed E-state index contributed by atoms with van der Waals surface area (Å²) in [6.45, 7) is 3.67. The lowest BCUT2D eigenvalue weighted by Crippen LogP contribution is -2.08. The molecular formula is C19H18FN3O2. The zero-order valence-electron chi connectivity index (χ0n) is 14.1. The van der Waals surface area contributed by atoms with Crippen LogP contribution in [0.5, 0.6) is 5.75 Å². The van der Waals surface area contributed by atoms with E-state index >= 15 is 0 Å². The number of hydrogen-bond acceptors (Lipinski definition) is 2. The number of amides is 1. The van der Waals surface area contributed by atoms with Gasteiger partial charge in [0.2, 0.25) is 5.91 Å². The topological polar surface area (TPSA) is 75.1 Å². The summed E-state index contributed by atoms with van der Waals surface area (Å²) in [5.74, 6) is -0.124. The summed E-state index contributed by atoms with van der Waals surface area (Å²) < 4.78 is 19.6. The van der Waals surface area contributed by atoms with Gasteiger partial charge in [-0.1, -0.05) is 18.2 Å². The van der Waals surface area contributed by atoms with E-state index in [1.54, 1.807) is 25.1 Å². The summed E-state index contributed by atoms with van der Waals surface area (Å²) in [5.41, 5.74) is 12.0. The molecule has 0 heterocycles. The molecule has 0 saturated heterocycles. The van der Waals surface area contributed by atoms with Gasteiger partial charge in [0.1, 0.15) is 18.2 Å². The van der Waals surface area contributed by atoms with E-state index in [1.807, 2.05) is 13.0 Å². The molecule has 0 N–H and O–H groups in total. The molecule has 1 saturated carbocycles. The molecule has 1 aliphatic rings. The predicted octanol–water partition coefficient (Wildman–Crippen LogP) is 5.35. The van der Waals surface area contributed by atoms with Gasteiger partial charge in [-0.25, -0.2) is 4.39 Å². The standard InChI is InChI=1S/C19H18FN3O2/c1-11-8-12(2)18(9-17(11)20)25-10-16-14(13-6-7-13)4-3-5-15(16)19(24)22-23-21/h3-5,8-9,13H,6-7,10H2,1-2H3. The molecule has 6 heteroatoms. The third-order valence-electron chi connectivity index (χ3n) is 4.42. The maximum absolute atomic E-state index is 13.8. The molecule has 0 bridgehead atoms. The van der Waals surface area contributed by atoms with Crippen LogP contribution in [0.2, 0.25) is 0 Å². The van der Waals surface area contributed by atoms with E-state index in [9.17, 15) is 9.18 Å². The van der Waals surface area contributed by atoms with Gasteiger partial charge in [0, 0.05) is 22.1 Å². The van der Waals surface area contributed by atoms with Crippen molar-refractivity contribution in [3.8, 4) is 5.75 Å². The van der Waals surface area contributed by atoms with Crippen molar-refractivity contribution in [2.75, 3.05) is 0 Å². The maximum atomic E-state index is 13.8. The Labute approximate surface area is 145 Å². The quantitative estimate of drug-likeness (QED) is 0.418. The fourth-order valence-corrected chi connectivity index (χ4v) is 2.95. The number of aryl methyl sites for hydroxylation is 2. The second kappa shape index (κ2) is 6.95. The second-order valence-electron chi connectivity index (χ2n) is 6.30. The van der Waals surface area contributed by atoms with Crippen LogP contribution in [-0.2, 0) is 6.61 Å². The molecule has 0 aromatic heterocycles. The molecule has 128 valence electrons. The minimum absolute atomic E-state index is 0.123. The summed E-state index contributed by atoms with van der Waals surface area (Å²) >= 11 is 0. The molecule has 1 amide bonds. The van der Waals surface area contributed by atoms with Crippen LogP contribution in [-0.4, -0.2) is 5.91 Å². The average Bonchev–Trinajstić information content (AvgIpc) is 3.42. The molecule has 1 fully saturated rings. The summed E-state index contributed by atoms with van der Waals surface area (Å²) in [6.07, 6.45) is 2.12. The number of nitrogens with zero attached hydrogens (tertiary/aromatic N) is 3. The van der Waals surface area contributed by atoms with Crippen molar-refractivity contribution < 1.29 is 13.9 Å². The highest BCUT2D eigenvalue weighted by atomic mass is 19.1. The molecule has 0 spiro atoms. The van der Waals surface area contributed by atoms with Crippen LogP contribution in [0.25, 0.3) is 10.4 Å². The van der Waals surface area contributed by atoms with Gasteiger partial charge in [-0.3, -0.25) is 4.79 Å². The first-order valence-electron chi connectivity index (χ1n) is 8.12. The van der Waals surface area contributed by atoms with Gasteiger partial charge in [-0.15, -0.1) is 0 Å². The van der Waals surface area contributed by atoms with Gasteiger partial charge in [0.25, 0.3) is 0 Å². The van der Waals surface area contributed by atoms with Gasteiger partial charge in [-0.2, -0.15) is 0 Å². The van der Waals surface area contributed by atoms with Crippen molar-refractivity contribution in [3.63, 3.8) is 0 Å². The number of azide groups is 1. The van der Waals surface area contributed by atoms with Crippen LogP contribution < -0.4 is 4.74 Å². The van der Waals surface area contributed by atoms with Crippen LogP contribution >= 0.6 is 0 Å². The van der Waals surface area contributed by atoms with Crippen molar-refractivity contribution in [1.29, 1.82) is 0 Å². The number of benzene rings is 2. The molecule has 1 aliphatic carbocycles. The Morgan fingerprint density at radius 2 is 2.08 bits per heavy atom. The fourth-order valence-electron chi connectivity index (χ4n) is 2.95. The van der Waals surface area contributed by atoms with Crippen molar-refractivity contribution >= 4 is 5.91 Å². The van der Waals surface area contributed by atoms with E-state index in [1.165, 1.54) is 6.07 Å². The number of ether oxygens (including phenoxy) is 1. The van der Waals surface area contributed by atoms with E-state index in [0.29, 0.717) is 28.4 Å². The first-order chi connectivity index (χ1) is 12.0. The van der Waals surface area contributed by atoms with Crippen LogP contribution in [0.3, 0.4) is 0 Å². The van der Waals surface area contributed by atoms with Crippen LogP contribution in [0, 0.1) is 19.7 Å².